The van der Waals surface area contributed by atoms with Gasteiger partial charge in [-0.05, 0) is 23.8 Å². The van der Waals surface area contributed by atoms with Crippen LogP contribution in [0.5, 0.6) is 11.5 Å². The third-order valence-electron chi connectivity index (χ3n) is 4.19. The number of thioether (sulfide) groups is 1. The van der Waals surface area contributed by atoms with E-state index in [1.165, 1.54) is 4.90 Å². The van der Waals surface area contributed by atoms with Crippen molar-refractivity contribution in [2.45, 2.75) is 6.04 Å². The van der Waals surface area contributed by atoms with Gasteiger partial charge in [-0.25, -0.2) is 9.89 Å². The number of hydrogen-bond acceptors (Lipinski definition) is 7. The maximum Gasteiger partial charge on any atom is 0.286 e. The Bertz CT molecular complexity index is 819. The van der Waals surface area contributed by atoms with Crippen molar-refractivity contribution in [2.75, 3.05) is 18.4 Å². The van der Waals surface area contributed by atoms with E-state index in [1.807, 2.05) is 11.0 Å². The van der Waals surface area contributed by atoms with Crippen molar-refractivity contribution in [3.8, 4) is 11.5 Å². The smallest absolute Gasteiger partial charge is 0.286 e. The molecule has 1 unspecified atom stereocenters. The molecule has 2 fully saturated rings. The SMILES string of the molecule is O=C1C(=Cc2ccc3c(c2)OCO3)N=C2N1C(=O)C1CSCN21. The van der Waals surface area contributed by atoms with Gasteiger partial charge in [-0.1, -0.05) is 6.07 Å². The van der Waals surface area contributed by atoms with Crippen molar-refractivity contribution in [1.82, 2.24) is 9.80 Å². The molecule has 0 N–H and O–H groups in total. The molecule has 0 saturated carbocycles. The van der Waals surface area contributed by atoms with Crippen LogP contribution in [0.1, 0.15) is 5.56 Å². The minimum atomic E-state index is -0.359. The maximum absolute atomic E-state index is 12.5. The lowest BCUT2D eigenvalue weighted by Crippen LogP contribution is -2.35. The van der Waals surface area contributed by atoms with Gasteiger partial charge in [0.25, 0.3) is 11.8 Å². The number of carbonyl (C=O) groups excluding carboxylic acids is 2. The number of nitrogens with zero attached hydrogens (tertiary/aromatic N) is 3. The minimum Gasteiger partial charge on any atom is -0.454 e. The first-order valence-corrected chi connectivity index (χ1v) is 8.30. The summed E-state index contributed by atoms with van der Waals surface area (Å²) in [6, 6.07) is 5.17. The van der Waals surface area contributed by atoms with Crippen molar-refractivity contribution in [3.63, 3.8) is 0 Å². The first-order valence-electron chi connectivity index (χ1n) is 7.15. The van der Waals surface area contributed by atoms with E-state index in [0.29, 0.717) is 29.1 Å². The van der Waals surface area contributed by atoms with Crippen LogP contribution >= 0.6 is 11.8 Å². The number of carbonyl (C=O) groups is 2. The molecule has 0 bridgehead atoms. The van der Waals surface area contributed by atoms with Gasteiger partial charge < -0.3 is 14.4 Å². The zero-order valence-corrected chi connectivity index (χ0v) is 12.7. The Balaban J connectivity index is 1.52. The number of ether oxygens (including phenoxy) is 2. The molecule has 4 aliphatic rings. The van der Waals surface area contributed by atoms with Crippen LogP contribution in [0.3, 0.4) is 0 Å². The molecule has 0 aromatic heterocycles. The van der Waals surface area contributed by atoms with Gasteiger partial charge in [0, 0.05) is 5.75 Å². The second kappa shape index (κ2) is 4.51. The molecule has 1 aromatic carbocycles. The minimum absolute atomic E-state index is 0.173. The third-order valence-corrected chi connectivity index (χ3v) is 5.20. The summed E-state index contributed by atoms with van der Waals surface area (Å²) in [5, 5.41) is 0. The van der Waals surface area contributed by atoms with Gasteiger partial charge in [0.2, 0.25) is 12.8 Å². The van der Waals surface area contributed by atoms with Gasteiger partial charge in [0.05, 0.1) is 5.88 Å². The number of hydrogen-bond donors (Lipinski definition) is 0. The average molecular weight is 329 g/mol. The molecule has 1 aromatic rings. The van der Waals surface area contributed by atoms with Crippen LogP contribution in [-0.2, 0) is 9.59 Å². The molecule has 5 rings (SSSR count). The fourth-order valence-corrected chi connectivity index (χ4v) is 4.19. The van der Waals surface area contributed by atoms with Gasteiger partial charge in [-0.3, -0.25) is 9.59 Å². The summed E-state index contributed by atoms with van der Waals surface area (Å²) in [6.45, 7) is 0.201. The van der Waals surface area contributed by atoms with E-state index in [0.717, 1.165) is 5.56 Å². The molecule has 0 spiro atoms. The van der Waals surface area contributed by atoms with Crippen molar-refractivity contribution in [1.29, 1.82) is 0 Å². The summed E-state index contributed by atoms with van der Waals surface area (Å²) in [7, 11) is 0. The zero-order valence-electron chi connectivity index (χ0n) is 11.9. The van der Waals surface area contributed by atoms with E-state index in [-0.39, 0.29) is 30.3 Å². The molecule has 4 heterocycles. The number of imide groups is 1. The lowest BCUT2D eigenvalue weighted by Gasteiger charge is -2.11. The summed E-state index contributed by atoms with van der Waals surface area (Å²) >= 11 is 1.68. The topological polar surface area (TPSA) is 71.4 Å². The molecule has 0 aliphatic carbocycles. The van der Waals surface area contributed by atoms with Gasteiger partial charge in [0.15, 0.2) is 11.5 Å². The highest BCUT2D eigenvalue weighted by Crippen LogP contribution is 2.36. The van der Waals surface area contributed by atoms with E-state index < -0.39 is 0 Å². The summed E-state index contributed by atoms with van der Waals surface area (Å²) in [6.07, 6.45) is 1.67. The van der Waals surface area contributed by atoms with Crippen molar-refractivity contribution < 1.29 is 19.1 Å². The number of benzene rings is 1. The lowest BCUT2D eigenvalue weighted by molar-refractivity contribution is -0.136. The van der Waals surface area contributed by atoms with Crippen molar-refractivity contribution >= 4 is 35.6 Å². The zero-order chi connectivity index (χ0) is 15.6. The highest BCUT2D eigenvalue weighted by Gasteiger charge is 2.52. The molecule has 2 amide bonds. The van der Waals surface area contributed by atoms with E-state index in [9.17, 15) is 9.59 Å². The maximum atomic E-state index is 12.5. The van der Waals surface area contributed by atoms with E-state index in [1.54, 1.807) is 30.0 Å². The molecule has 8 heteroatoms. The van der Waals surface area contributed by atoms with Gasteiger partial charge in [-0.15, -0.1) is 11.8 Å². The fourth-order valence-electron chi connectivity index (χ4n) is 3.05. The summed E-state index contributed by atoms with van der Waals surface area (Å²) in [4.78, 5) is 32.3. The van der Waals surface area contributed by atoms with Gasteiger partial charge in [0.1, 0.15) is 11.7 Å². The van der Waals surface area contributed by atoms with Crippen LogP contribution in [0.4, 0.5) is 0 Å². The van der Waals surface area contributed by atoms with Crippen LogP contribution in [0.25, 0.3) is 6.08 Å². The van der Waals surface area contributed by atoms with E-state index in [2.05, 4.69) is 4.99 Å². The van der Waals surface area contributed by atoms with Crippen molar-refractivity contribution in [2.24, 2.45) is 4.99 Å². The Hall–Kier alpha value is -2.48. The Kier molecular flexibility index (Phi) is 2.55. The first-order chi connectivity index (χ1) is 11.2. The predicted molar refractivity (Wildman–Crippen MR) is 82.8 cm³/mol. The molecule has 1 atom stereocenters. The Morgan fingerprint density at radius 3 is 3.04 bits per heavy atom. The monoisotopic (exact) mass is 329 g/mol. The Labute approximate surface area is 135 Å². The molecule has 2 saturated heterocycles. The third kappa shape index (κ3) is 1.75. The highest BCUT2D eigenvalue weighted by molar-refractivity contribution is 7.99. The Morgan fingerprint density at radius 1 is 1.26 bits per heavy atom. The van der Waals surface area contributed by atoms with Crippen LogP contribution in [0, 0.1) is 0 Å². The molecular weight excluding hydrogens is 318 g/mol. The predicted octanol–water partition coefficient (Wildman–Crippen LogP) is 0.869. The van der Waals surface area contributed by atoms with E-state index >= 15 is 0 Å². The Morgan fingerprint density at radius 2 is 2.13 bits per heavy atom. The molecular formula is C15H11N3O4S. The average Bonchev–Trinajstić information content (AvgIpc) is 3.27. The number of guanidine groups is 1. The van der Waals surface area contributed by atoms with Gasteiger partial charge >= 0.3 is 0 Å². The second-order valence-corrected chi connectivity index (χ2v) is 6.52. The van der Waals surface area contributed by atoms with Crippen LogP contribution in [0.2, 0.25) is 0 Å². The fraction of sp³-hybridized carbons (Fsp3) is 0.267. The van der Waals surface area contributed by atoms with Crippen molar-refractivity contribution in [3.05, 3.63) is 29.5 Å². The number of rotatable bonds is 1. The molecule has 116 valence electrons. The van der Waals surface area contributed by atoms with Crippen LogP contribution in [0.15, 0.2) is 28.9 Å². The molecule has 7 nitrogen and oxygen atoms in total. The summed E-state index contributed by atoms with van der Waals surface area (Å²) < 4.78 is 10.6. The quantitative estimate of drug-likeness (QED) is 0.562. The normalized spacial score (nSPS) is 26.2. The van der Waals surface area contributed by atoms with Crippen LogP contribution < -0.4 is 9.47 Å². The van der Waals surface area contributed by atoms with E-state index in [4.69, 9.17) is 9.47 Å². The summed E-state index contributed by atoms with van der Waals surface area (Å²) in [5.74, 6) is 2.66. The first kappa shape index (κ1) is 13.0. The molecule has 0 radical (unpaired) electrons. The number of fused-ring (bicyclic) bond motifs is 4. The second-order valence-electron chi connectivity index (χ2n) is 5.52. The molecule has 4 aliphatic heterocycles. The summed E-state index contributed by atoms with van der Waals surface area (Å²) in [5.41, 5.74) is 1.05. The number of amides is 2. The largest absolute Gasteiger partial charge is 0.454 e. The number of aliphatic imine (C=N–C) groups is 1. The highest BCUT2D eigenvalue weighted by atomic mass is 32.2. The van der Waals surface area contributed by atoms with Gasteiger partial charge in [-0.2, -0.15) is 0 Å². The standard InChI is InChI=1S/C15H11N3O4S/c19-13-9(3-8-1-2-11-12(4-8)22-7-21-11)16-15-17-6-23-5-10(17)14(20)18(13)15/h1-4,10H,5-7H2. The molecule has 23 heavy (non-hydrogen) atoms. The lowest BCUT2D eigenvalue weighted by atomic mass is 10.1. The van der Waals surface area contributed by atoms with Crippen LogP contribution in [-0.4, -0.2) is 52.0 Å².